The Hall–Kier alpha value is -0.670. The van der Waals surface area contributed by atoms with E-state index in [0.29, 0.717) is 18.6 Å². The molecule has 0 aliphatic carbocycles. The van der Waals surface area contributed by atoms with Gasteiger partial charge in [-0.15, -0.1) is 0 Å². The van der Waals surface area contributed by atoms with Crippen LogP contribution in [0.3, 0.4) is 0 Å². The number of carbonyl (C=O) groups is 1. The molecule has 1 aromatic rings. The highest BCUT2D eigenvalue weighted by atomic mass is 32.1. The fourth-order valence-corrected chi connectivity index (χ4v) is 2.00. The number of rotatable bonds is 6. The predicted octanol–water partition coefficient (Wildman–Crippen LogP) is 2.38. The zero-order chi connectivity index (χ0) is 10.4. The Morgan fingerprint density at radius 1 is 1.64 bits per heavy atom. The first kappa shape index (κ1) is 11.4. The van der Waals surface area contributed by atoms with E-state index in [1.54, 1.807) is 11.3 Å². The van der Waals surface area contributed by atoms with E-state index in [2.05, 4.69) is 0 Å². The van der Waals surface area contributed by atoms with Gasteiger partial charge in [-0.2, -0.15) is 11.3 Å². The summed E-state index contributed by atoms with van der Waals surface area (Å²) >= 11 is 1.64. The van der Waals surface area contributed by atoms with E-state index in [0.717, 1.165) is 18.4 Å². The van der Waals surface area contributed by atoms with Crippen LogP contribution in [0.4, 0.5) is 0 Å². The Morgan fingerprint density at radius 3 is 3.00 bits per heavy atom. The van der Waals surface area contributed by atoms with Crippen molar-refractivity contribution in [3.63, 3.8) is 0 Å². The summed E-state index contributed by atoms with van der Waals surface area (Å²) in [6, 6.07) is 2.22. The lowest BCUT2D eigenvalue weighted by molar-refractivity contribution is -0.118. The summed E-state index contributed by atoms with van der Waals surface area (Å²) in [5, 5.41) is 4.04. The third kappa shape index (κ3) is 4.53. The zero-order valence-corrected chi connectivity index (χ0v) is 9.35. The number of ketones is 1. The minimum absolute atomic E-state index is 0.212. The lowest BCUT2D eigenvalue weighted by atomic mass is 10.1. The molecule has 1 atom stereocenters. The lowest BCUT2D eigenvalue weighted by Crippen LogP contribution is -2.15. The second kappa shape index (κ2) is 5.94. The van der Waals surface area contributed by atoms with Gasteiger partial charge < -0.3 is 5.73 Å². The van der Waals surface area contributed by atoms with Crippen molar-refractivity contribution in [2.24, 2.45) is 5.73 Å². The maximum Gasteiger partial charge on any atom is 0.137 e. The van der Waals surface area contributed by atoms with Gasteiger partial charge in [0.1, 0.15) is 5.78 Å². The van der Waals surface area contributed by atoms with E-state index in [4.69, 9.17) is 5.73 Å². The van der Waals surface area contributed by atoms with Gasteiger partial charge in [0, 0.05) is 18.9 Å². The molecular weight excluding hydrogens is 194 g/mol. The molecule has 0 spiro atoms. The summed E-state index contributed by atoms with van der Waals surface area (Å²) in [5.74, 6) is 0.323. The van der Waals surface area contributed by atoms with E-state index in [-0.39, 0.29) is 6.04 Å². The summed E-state index contributed by atoms with van der Waals surface area (Å²) in [5.41, 5.74) is 6.74. The van der Waals surface area contributed by atoms with Crippen molar-refractivity contribution in [1.82, 2.24) is 0 Å². The summed E-state index contributed by atoms with van der Waals surface area (Å²) < 4.78 is 0. The number of nitrogens with two attached hydrogens (primary N) is 1. The fourth-order valence-electron chi connectivity index (χ4n) is 1.33. The topological polar surface area (TPSA) is 43.1 Å². The van der Waals surface area contributed by atoms with E-state index in [1.165, 1.54) is 0 Å². The van der Waals surface area contributed by atoms with Gasteiger partial charge in [0.2, 0.25) is 0 Å². The summed E-state index contributed by atoms with van der Waals surface area (Å²) in [6.45, 7) is 1.98. The molecule has 1 aromatic heterocycles. The van der Waals surface area contributed by atoms with Crippen LogP contribution < -0.4 is 5.73 Å². The highest BCUT2D eigenvalue weighted by molar-refractivity contribution is 7.07. The van der Waals surface area contributed by atoms with Crippen LogP contribution in [0.5, 0.6) is 0 Å². The highest BCUT2D eigenvalue weighted by Gasteiger charge is 2.04. The molecule has 0 amide bonds. The van der Waals surface area contributed by atoms with Crippen LogP contribution in [0, 0.1) is 0 Å². The van der Waals surface area contributed by atoms with Crippen molar-refractivity contribution >= 4 is 17.1 Å². The lowest BCUT2D eigenvalue weighted by Gasteiger charge is -2.03. The van der Waals surface area contributed by atoms with Crippen LogP contribution in [-0.4, -0.2) is 11.8 Å². The van der Waals surface area contributed by atoms with Gasteiger partial charge in [-0.1, -0.05) is 0 Å². The molecule has 2 N–H and O–H groups in total. The number of hydrogen-bond acceptors (Lipinski definition) is 3. The zero-order valence-electron chi connectivity index (χ0n) is 8.53. The van der Waals surface area contributed by atoms with Gasteiger partial charge in [-0.3, -0.25) is 4.79 Å². The van der Waals surface area contributed by atoms with E-state index in [9.17, 15) is 4.79 Å². The van der Waals surface area contributed by atoms with E-state index >= 15 is 0 Å². The average Bonchev–Trinajstić information content (AvgIpc) is 2.56. The molecule has 0 aliphatic rings. The normalized spacial score (nSPS) is 12.7. The molecule has 0 fully saturated rings. The Balaban J connectivity index is 2.17. The van der Waals surface area contributed by atoms with Crippen molar-refractivity contribution in [1.29, 1.82) is 0 Å². The average molecular weight is 211 g/mol. The van der Waals surface area contributed by atoms with Crippen LogP contribution in [-0.2, 0) is 11.2 Å². The summed E-state index contributed by atoms with van der Waals surface area (Å²) in [4.78, 5) is 11.5. The smallest absolute Gasteiger partial charge is 0.137 e. The van der Waals surface area contributed by atoms with Gasteiger partial charge in [0.05, 0.1) is 0 Å². The second-order valence-electron chi connectivity index (χ2n) is 3.72. The van der Waals surface area contributed by atoms with Gasteiger partial charge in [-0.25, -0.2) is 0 Å². The first-order valence-corrected chi connectivity index (χ1v) is 5.91. The highest BCUT2D eigenvalue weighted by Crippen LogP contribution is 2.09. The molecule has 0 saturated carbocycles. The molecule has 1 unspecified atom stereocenters. The Morgan fingerprint density at radius 2 is 2.43 bits per heavy atom. The van der Waals surface area contributed by atoms with Crippen molar-refractivity contribution in [2.45, 2.75) is 38.6 Å². The standard InChI is InChI=1S/C11H17NOS/c1-9(12)3-2-4-11(13)7-10-5-6-14-8-10/h5-6,8-9H,2-4,7,12H2,1H3. The molecule has 78 valence electrons. The molecule has 0 aromatic carbocycles. The molecule has 3 heteroatoms. The quantitative estimate of drug-likeness (QED) is 0.785. The third-order valence-electron chi connectivity index (χ3n) is 2.10. The van der Waals surface area contributed by atoms with Crippen LogP contribution in [0.2, 0.25) is 0 Å². The SMILES string of the molecule is CC(N)CCCC(=O)Cc1ccsc1. The summed E-state index contributed by atoms with van der Waals surface area (Å²) in [7, 11) is 0. The van der Waals surface area contributed by atoms with Crippen LogP contribution in [0.1, 0.15) is 31.7 Å². The van der Waals surface area contributed by atoms with E-state index in [1.807, 2.05) is 23.8 Å². The Kier molecular flexibility index (Phi) is 4.84. The van der Waals surface area contributed by atoms with Crippen molar-refractivity contribution in [3.05, 3.63) is 22.4 Å². The molecule has 1 heterocycles. The van der Waals surface area contributed by atoms with Crippen molar-refractivity contribution in [2.75, 3.05) is 0 Å². The van der Waals surface area contributed by atoms with Crippen LogP contribution in [0.25, 0.3) is 0 Å². The predicted molar refractivity (Wildman–Crippen MR) is 60.5 cm³/mol. The number of thiophene rings is 1. The maximum atomic E-state index is 11.5. The van der Waals surface area contributed by atoms with Gasteiger partial charge in [0.25, 0.3) is 0 Å². The number of Topliss-reactive ketones (excluding diaryl/α,β-unsaturated/α-hetero) is 1. The molecule has 0 bridgehead atoms. The number of hydrogen-bond donors (Lipinski definition) is 1. The molecule has 2 nitrogen and oxygen atoms in total. The fraction of sp³-hybridized carbons (Fsp3) is 0.545. The molecule has 0 radical (unpaired) electrons. The van der Waals surface area contributed by atoms with Crippen molar-refractivity contribution in [3.8, 4) is 0 Å². The molecular formula is C11H17NOS. The Labute approximate surface area is 89.1 Å². The van der Waals surface area contributed by atoms with Gasteiger partial charge in [0.15, 0.2) is 0 Å². The van der Waals surface area contributed by atoms with Gasteiger partial charge in [-0.05, 0) is 42.2 Å². The molecule has 0 aliphatic heterocycles. The van der Waals surface area contributed by atoms with Crippen LogP contribution in [0.15, 0.2) is 16.8 Å². The molecule has 0 saturated heterocycles. The van der Waals surface area contributed by atoms with Crippen molar-refractivity contribution < 1.29 is 4.79 Å². The molecule has 14 heavy (non-hydrogen) atoms. The largest absolute Gasteiger partial charge is 0.328 e. The maximum absolute atomic E-state index is 11.5. The molecule has 1 rings (SSSR count). The van der Waals surface area contributed by atoms with Gasteiger partial charge >= 0.3 is 0 Å². The monoisotopic (exact) mass is 211 g/mol. The van der Waals surface area contributed by atoms with E-state index < -0.39 is 0 Å². The first-order chi connectivity index (χ1) is 6.68. The Bertz CT molecular complexity index is 267. The minimum atomic E-state index is 0.212. The first-order valence-electron chi connectivity index (χ1n) is 4.97. The third-order valence-corrected chi connectivity index (χ3v) is 2.83. The van der Waals surface area contributed by atoms with Crippen LogP contribution >= 0.6 is 11.3 Å². The second-order valence-corrected chi connectivity index (χ2v) is 4.50. The minimum Gasteiger partial charge on any atom is -0.328 e. The summed E-state index contributed by atoms with van der Waals surface area (Å²) in [6.07, 6.45) is 3.11. The number of carbonyl (C=O) groups excluding carboxylic acids is 1.